The van der Waals surface area contributed by atoms with Crippen LogP contribution < -0.4 is 0 Å². The van der Waals surface area contributed by atoms with Gasteiger partial charge >= 0.3 is 0 Å². The van der Waals surface area contributed by atoms with E-state index >= 15 is 0 Å². The second-order valence-corrected chi connectivity index (χ2v) is 6.54. The Kier molecular flexibility index (Phi) is 5.82. The van der Waals surface area contributed by atoms with E-state index in [-0.39, 0.29) is 11.9 Å². The normalized spacial score (nSPS) is 14.6. The van der Waals surface area contributed by atoms with E-state index in [0.29, 0.717) is 5.70 Å². The fraction of sp³-hybridized carbons (Fsp3) is 0.727. The van der Waals surface area contributed by atoms with Crippen LogP contribution in [0.2, 0.25) is 0 Å². The highest BCUT2D eigenvalue weighted by Crippen LogP contribution is 2.12. The molecule has 106 valence electrons. The van der Waals surface area contributed by atoms with E-state index in [4.69, 9.17) is 0 Å². The molecular formula is C11H23N3O3S. The number of allylic oxidation sites excluding steroid dienone is 1. The van der Waals surface area contributed by atoms with Crippen LogP contribution in [0.25, 0.3) is 0 Å². The van der Waals surface area contributed by atoms with Gasteiger partial charge in [0.1, 0.15) is 6.23 Å². The van der Waals surface area contributed by atoms with Gasteiger partial charge in [-0.05, 0) is 12.8 Å². The van der Waals surface area contributed by atoms with Gasteiger partial charge in [0.25, 0.3) is 0 Å². The third-order valence-corrected chi connectivity index (χ3v) is 3.72. The molecule has 0 saturated heterocycles. The smallest absolute Gasteiger partial charge is 0.234 e. The van der Waals surface area contributed by atoms with Gasteiger partial charge in [-0.2, -0.15) is 0 Å². The molecule has 0 aliphatic rings. The monoisotopic (exact) mass is 277 g/mol. The molecule has 0 aromatic rings. The maximum Gasteiger partial charge on any atom is 0.234 e. The second kappa shape index (κ2) is 6.19. The largest absolute Gasteiger partial charge is 0.374 e. The molecule has 0 radical (unpaired) electrons. The van der Waals surface area contributed by atoms with Gasteiger partial charge in [0.05, 0.1) is 6.26 Å². The highest BCUT2D eigenvalue weighted by atomic mass is 32.2. The third-order valence-electron chi connectivity index (χ3n) is 2.57. The van der Waals surface area contributed by atoms with Crippen LogP contribution >= 0.6 is 0 Å². The lowest BCUT2D eigenvalue weighted by Crippen LogP contribution is -2.46. The van der Waals surface area contributed by atoms with Crippen LogP contribution in [0.5, 0.6) is 0 Å². The van der Waals surface area contributed by atoms with Crippen molar-refractivity contribution in [3.8, 4) is 0 Å². The predicted octanol–water partition coefficient (Wildman–Crippen LogP) is 0.674. The molecule has 0 amide bonds. The lowest BCUT2D eigenvalue weighted by Gasteiger charge is -2.30. The Labute approximate surface area is 110 Å². The third kappa shape index (κ3) is 4.66. The summed E-state index contributed by atoms with van der Waals surface area (Å²) in [7, 11) is -0.485. The zero-order valence-electron chi connectivity index (χ0n) is 11.9. The number of aliphatic imine (C=N–C) groups is 1. The van der Waals surface area contributed by atoms with Crippen molar-refractivity contribution in [1.82, 2.24) is 9.21 Å². The Bertz CT molecular complexity index is 427. The lowest BCUT2D eigenvalue weighted by atomic mass is 10.2. The number of nitrogens with zero attached hydrogens (tertiary/aromatic N) is 3. The summed E-state index contributed by atoms with van der Waals surface area (Å²) in [4.78, 5) is 5.57. The molecular weight excluding hydrogens is 254 g/mol. The summed E-state index contributed by atoms with van der Waals surface area (Å²) in [6.45, 7) is 9.13. The van der Waals surface area contributed by atoms with Gasteiger partial charge in [0, 0.05) is 19.8 Å². The van der Waals surface area contributed by atoms with Crippen LogP contribution in [0.3, 0.4) is 0 Å². The molecule has 0 aromatic heterocycles. The van der Waals surface area contributed by atoms with Crippen molar-refractivity contribution in [1.29, 1.82) is 0 Å². The number of rotatable bonds is 4. The fourth-order valence-corrected chi connectivity index (χ4v) is 1.41. The van der Waals surface area contributed by atoms with Crippen molar-refractivity contribution in [2.24, 2.45) is 10.9 Å². The molecule has 0 saturated carbocycles. The number of hydrogen-bond donors (Lipinski definition) is 1. The van der Waals surface area contributed by atoms with E-state index in [2.05, 4.69) is 11.6 Å². The SMILES string of the molecule is C=C(/N=C(\N(C)C(C)O)N(C)S(C)(=O)=O)C(C)C. The molecule has 18 heavy (non-hydrogen) atoms. The molecule has 0 bridgehead atoms. The summed E-state index contributed by atoms with van der Waals surface area (Å²) >= 11 is 0. The second-order valence-electron chi connectivity index (χ2n) is 4.53. The summed E-state index contributed by atoms with van der Waals surface area (Å²) in [5.41, 5.74) is 0.549. The minimum Gasteiger partial charge on any atom is -0.374 e. The molecule has 0 spiro atoms. The van der Waals surface area contributed by atoms with E-state index in [1.807, 2.05) is 13.8 Å². The quantitative estimate of drug-likeness (QED) is 0.466. The van der Waals surface area contributed by atoms with Gasteiger partial charge in [-0.1, -0.05) is 20.4 Å². The average Bonchev–Trinajstić information content (AvgIpc) is 2.21. The fourth-order valence-electron chi connectivity index (χ4n) is 0.944. The van der Waals surface area contributed by atoms with Crippen LogP contribution in [0.4, 0.5) is 0 Å². The first-order valence-corrected chi connectivity index (χ1v) is 7.45. The molecule has 0 aliphatic carbocycles. The predicted molar refractivity (Wildman–Crippen MR) is 73.5 cm³/mol. The van der Waals surface area contributed by atoms with E-state index in [0.717, 1.165) is 10.6 Å². The first-order chi connectivity index (χ1) is 7.98. The Balaban J connectivity index is 5.53. The minimum absolute atomic E-state index is 0.0929. The van der Waals surface area contributed by atoms with E-state index in [1.165, 1.54) is 18.9 Å². The summed E-state index contributed by atoms with van der Waals surface area (Å²) in [6.07, 6.45) is 0.226. The molecule has 1 atom stereocenters. The van der Waals surface area contributed by atoms with E-state index in [9.17, 15) is 13.5 Å². The summed E-state index contributed by atoms with van der Waals surface area (Å²) in [5.74, 6) is 0.238. The van der Waals surface area contributed by atoms with Crippen LogP contribution in [-0.2, 0) is 10.0 Å². The number of aliphatic hydroxyl groups is 1. The Morgan fingerprint density at radius 3 is 2.00 bits per heavy atom. The first kappa shape index (κ1) is 16.9. The van der Waals surface area contributed by atoms with Crippen molar-refractivity contribution >= 4 is 16.0 Å². The Hall–Kier alpha value is -1.08. The van der Waals surface area contributed by atoms with Gasteiger partial charge in [-0.3, -0.25) is 0 Å². The molecule has 0 heterocycles. The standard InChI is InChI=1S/C11H23N3O3S/c1-8(2)9(3)12-11(13(5)10(4)15)14(6)18(7,16)17/h8,10,15H,3H2,1-2,4-7H3/b12-11+. The van der Waals surface area contributed by atoms with Gasteiger partial charge in [0.15, 0.2) is 0 Å². The topological polar surface area (TPSA) is 73.2 Å². The molecule has 6 nitrogen and oxygen atoms in total. The van der Waals surface area contributed by atoms with Crippen molar-refractivity contribution in [3.05, 3.63) is 12.3 Å². The minimum atomic E-state index is -3.44. The van der Waals surface area contributed by atoms with Crippen molar-refractivity contribution in [3.63, 3.8) is 0 Å². The Morgan fingerprint density at radius 1 is 1.28 bits per heavy atom. The molecule has 0 rings (SSSR count). The zero-order chi connectivity index (χ0) is 14.7. The average molecular weight is 277 g/mol. The zero-order valence-corrected chi connectivity index (χ0v) is 12.7. The van der Waals surface area contributed by atoms with Crippen molar-refractivity contribution < 1.29 is 13.5 Å². The van der Waals surface area contributed by atoms with Gasteiger partial charge in [-0.25, -0.2) is 17.7 Å². The number of sulfonamides is 1. The molecule has 0 aliphatic heterocycles. The van der Waals surface area contributed by atoms with Crippen LogP contribution in [0.15, 0.2) is 17.3 Å². The maximum absolute atomic E-state index is 11.6. The van der Waals surface area contributed by atoms with Crippen molar-refractivity contribution in [2.45, 2.75) is 27.0 Å². The number of guanidine groups is 1. The van der Waals surface area contributed by atoms with Crippen molar-refractivity contribution in [2.75, 3.05) is 20.4 Å². The molecule has 1 unspecified atom stereocenters. The molecule has 7 heteroatoms. The maximum atomic E-state index is 11.6. The summed E-state index contributed by atoms with van der Waals surface area (Å²) < 4.78 is 24.1. The van der Waals surface area contributed by atoms with E-state index in [1.54, 1.807) is 7.05 Å². The highest BCUT2D eigenvalue weighted by molar-refractivity contribution is 7.88. The first-order valence-electron chi connectivity index (χ1n) is 5.60. The molecule has 0 aromatic carbocycles. The van der Waals surface area contributed by atoms with E-state index < -0.39 is 16.3 Å². The van der Waals surface area contributed by atoms with Gasteiger partial charge in [0.2, 0.25) is 16.0 Å². The number of aliphatic hydroxyl groups excluding tert-OH is 1. The van der Waals surface area contributed by atoms with Crippen LogP contribution in [-0.4, -0.2) is 55.3 Å². The van der Waals surface area contributed by atoms with Gasteiger partial charge in [-0.15, -0.1) is 0 Å². The van der Waals surface area contributed by atoms with Crippen LogP contribution in [0.1, 0.15) is 20.8 Å². The van der Waals surface area contributed by atoms with Crippen LogP contribution in [0, 0.1) is 5.92 Å². The summed E-state index contributed by atoms with van der Waals surface area (Å²) in [5, 5.41) is 9.55. The highest BCUT2D eigenvalue weighted by Gasteiger charge is 2.23. The lowest BCUT2D eigenvalue weighted by molar-refractivity contribution is 0.0822. The molecule has 0 fully saturated rings. The Morgan fingerprint density at radius 2 is 1.72 bits per heavy atom. The summed E-state index contributed by atoms with van der Waals surface area (Å²) in [6, 6.07) is 0. The number of hydrogen-bond acceptors (Lipinski definition) is 4. The van der Waals surface area contributed by atoms with Gasteiger partial charge < -0.3 is 10.0 Å². The molecule has 1 N–H and O–H groups in total.